The Hall–Kier alpha value is -3.22. The van der Waals surface area contributed by atoms with Crippen molar-refractivity contribution in [1.29, 1.82) is 0 Å². The summed E-state index contributed by atoms with van der Waals surface area (Å²) >= 11 is 0. The van der Waals surface area contributed by atoms with E-state index in [4.69, 9.17) is 4.74 Å². The lowest BCUT2D eigenvalue weighted by Gasteiger charge is -2.41. The Kier molecular flexibility index (Phi) is 5.92. The van der Waals surface area contributed by atoms with Crippen LogP contribution in [0.15, 0.2) is 48.5 Å². The molecule has 1 unspecified atom stereocenters. The molecule has 1 saturated heterocycles. The largest absolute Gasteiger partial charge is 0.497 e. The Balaban J connectivity index is 2.00. The van der Waals surface area contributed by atoms with Crippen LogP contribution in [0, 0.1) is 5.82 Å². The van der Waals surface area contributed by atoms with E-state index in [-0.39, 0.29) is 18.0 Å². The topological polar surface area (TPSA) is 66.9 Å². The van der Waals surface area contributed by atoms with Gasteiger partial charge in [0.15, 0.2) is 0 Å². The minimum absolute atomic E-state index is 0.130. The van der Waals surface area contributed by atoms with Crippen LogP contribution in [0.25, 0.3) is 0 Å². The SMILES string of the molecule is CCC(C)(C)N(C(=O)c1cccc(OC)c1)C1CC(=O)N(c2ccc(F)cc2)C1=O. The third-order valence-corrected chi connectivity index (χ3v) is 5.57. The van der Waals surface area contributed by atoms with Crippen molar-refractivity contribution in [2.24, 2.45) is 0 Å². The number of rotatable bonds is 6. The molecule has 7 heteroatoms. The highest BCUT2D eigenvalue weighted by molar-refractivity contribution is 6.23. The van der Waals surface area contributed by atoms with E-state index in [9.17, 15) is 18.8 Å². The highest BCUT2D eigenvalue weighted by atomic mass is 19.1. The maximum absolute atomic E-state index is 13.5. The Labute approximate surface area is 175 Å². The van der Waals surface area contributed by atoms with Crippen molar-refractivity contribution >= 4 is 23.4 Å². The second-order valence-electron chi connectivity index (χ2n) is 7.84. The lowest BCUT2D eigenvalue weighted by atomic mass is 9.94. The van der Waals surface area contributed by atoms with Gasteiger partial charge >= 0.3 is 0 Å². The molecule has 0 N–H and O–H groups in total. The Morgan fingerprint density at radius 1 is 1.20 bits per heavy atom. The minimum atomic E-state index is -0.948. The summed E-state index contributed by atoms with van der Waals surface area (Å²) < 4.78 is 18.5. The second kappa shape index (κ2) is 8.26. The Morgan fingerprint density at radius 2 is 1.87 bits per heavy atom. The Bertz CT molecular complexity index is 971. The van der Waals surface area contributed by atoms with Crippen molar-refractivity contribution in [3.8, 4) is 5.75 Å². The van der Waals surface area contributed by atoms with Crippen molar-refractivity contribution in [2.75, 3.05) is 12.0 Å². The zero-order valence-corrected chi connectivity index (χ0v) is 17.5. The summed E-state index contributed by atoms with van der Waals surface area (Å²) in [6.07, 6.45) is 0.451. The van der Waals surface area contributed by atoms with E-state index >= 15 is 0 Å². The molecule has 6 nitrogen and oxygen atoms in total. The number of benzene rings is 2. The number of halogens is 1. The summed E-state index contributed by atoms with van der Waals surface area (Å²) in [6, 6.07) is 10.9. The average molecular weight is 412 g/mol. The van der Waals surface area contributed by atoms with Crippen LogP contribution < -0.4 is 9.64 Å². The van der Waals surface area contributed by atoms with E-state index in [1.165, 1.54) is 36.3 Å². The molecule has 0 saturated carbocycles. The van der Waals surface area contributed by atoms with Gasteiger partial charge in [0.1, 0.15) is 17.6 Å². The van der Waals surface area contributed by atoms with Crippen LogP contribution in [-0.4, -0.2) is 41.3 Å². The van der Waals surface area contributed by atoms with E-state index in [0.29, 0.717) is 17.7 Å². The fourth-order valence-electron chi connectivity index (χ4n) is 3.58. The van der Waals surface area contributed by atoms with Crippen LogP contribution in [0.1, 0.15) is 44.0 Å². The maximum Gasteiger partial charge on any atom is 0.257 e. The molecule has 1 atom stereocenters. The summed E-state index contributed by atoms with van der Waals surface area (Å²) in [7, 11) is 1.51. The van der Waals surface area contributed by atoms with E-state index in [1.54, 1.807) is 24.3 Å². The van der Waals surface area contributed by atoms with Crippen molar-refractivity contribution in [3.05, 3.63) is 59.9 Å². The van der Waals surface area contributed by atoms with Crippen molar-refractivity contribution < 1.29 is 23.5 Å². The van der Waals surface area contributed by atoms with Gasteiger partial charge in [-0.25, -0.2) is 9.29 Å². The van der Waals surface area contributed by atoms with Crippen molar-refractivity contribution in [2.45, 2.75) is 45.2 Å². The first-order valence-corrected chi connectivity index (χ1v) is 9.79. The molecule has 30 heavy (non-hydrogen) atoms. The molecule has 2 aromatic carbocycles. The van der Waals surface area contributed by atoms with Crippen LogP contribution in [0.4, 0.5) is 10.1 Å². The molecule has 0 aromatic heterocycles. The van der Waals surface area contributed by atoms with Gasteiger partial charge in [-0.15, -0.1) is 0 Å². The normalized spacial score (nSPS) is 16.7. The molecular weight excluding hydrogens is 387 g/mol. The summed E-state index contributed by atoms with van der Waals surface area (Å²) in [5.41, 5.74) is -0.0205. The molecular formula is C23H25FN2O4. The van der Waals surface area contributed by atoms with Gasteiger partial charge in [-0.2, -0.15) is 0 Å². The van der Waals surface area contributed by atoms with Crippen molar-refractivity contribution in [1.82, 2.24) is 4.90 Å². The van der Waals surface area contributed by atoms with Gasteiger partial charge in [0.05, 0.1) is 19.2 Å². The van der Waals surface area contributed by atoms with E-state index in [1.807, 2.05) is 20.8 Å². The number of hydrogen-bond donors (Lipinski definition) is 0. The monoisotopic (exact) mass is 412 g/mol. The number of amides is 3. The first-order valence-electron chi connectivity index (χ1n) is 9.79. The van der Waals surface area contributed by atoms with Crippen molar-refractivity contribution in [3.63, 3.8) is 0 Å². The molecule has 1 aliphatic heterocycles. The Morgan fingerprint density at radius 3 is 2.47 bits per heavy atom. The number of carbonyl (C=O) groups excluding carboxylic acids is 3. The second-order valence-corrected chi connectivity index (χ2v) is 7.84. The standard InChI is InChI=1S/C23H25FN2O4/c1-5-23(2,3)26(21(28)15-7-6-8-18(13-15)30-4)19-14-20(27)25(22(19)29)17-11-9-16(24)10-12-17/h6-13,19H,5,14H2,1-4H3. The van der Waals surface area contributed by atoms with Gasteiger partial charge in [-0.1, -0.05) is 13.0 Å². The smallest absolute Gasteiger partial charge is 0.257 e. The van der Waals surface area contributed by atoms with E-state index < -0.39 is 29.2 Å². The third kappa shape index (κ3) is 3.92. The predicted molar refractivity (Wildman–Crippen MR) is 111 cm³/mol. The molecule has 1 heterocycles. The molecule has 0 bridgehead atoms. The maximum atomic E-state index is 13.5. The summed E-state index contributed by atoms with van der Waals surface area (Å²) in [4.78, 5) is 42.0. The molecule has 2 aromatic rings. The van der Waals surface area contributed by atoms with Crippen LogP contribution in [0.2, 0.25) is 0 Å². The highest BCUT2D eigenvalue weighted by Crippen LogP contribution is 2.33. The third-order valence-electron chi connectivity index (χ3n) is 5.57. The quantitative estimate of drug-likeness (QED) is 0.677. The van der Waals surface area contributed by atoms with E-state index in [0.717, 1.165) is 4.90 Å². The van der Waals surface area contributed by atoms with Gasteiger partial charge < -0.3 is 9.64 Å². The molecule has 3 amide bonds. The number of carbonyl (C=O) groups is 3. The number of anilines is 1. The number of ether oxygens (including phenoxy) is 1. The summed E-state index contributed by atoms with van der Waals surface area (Å²) in [5.74, 6) is -1.21. The molecule has 158 valence electrons. The lowest BCUT2D eigenvalue weighted by Crippen LogP contribution is -2.55. The fraction of sp³-hybridized carbons (Fsp3) is 0.348. The van der Waals surface area contributed by atoms with Gasteiger partial charge in [0, 0.05) is 11.1 Å². The van der Waals surface area contributed by atoms with Gasteiger partial charge in [0.2, 0.25) is 5.91 Å². The molecule has 0 aliphatic carbocycles. The van der Waals surface area contributed by atoms with Crippen LogP contribution in [0.3, 0.4) is 0 Å². The summed E-state index contributed by atoms with van der Waals surface area (Å²) in [5, 5.41) is 0. The number of imide groups is 1. The number of hydrogen-bond acceptors (Lipinski definition) is 4. The number of methoxy groups -OCH3 is 1. The minimum Gasteiger partial charge on any atom is -0.497 e. The van der Waals surface area contributed by atoms with Gasteiger partial charge in [-0.05, 0) is 62.7 Å². The first kappa shape index (κ1) is 21.5. The number of nitrogens with zero attached hydrogens (tertiary/aromatic N) is 2. The van der Waals surface area contributed by atoms with Gasteiger partial charge in [0.25, 0.3) is 11.8 Å². The first-order chi connectivity index (χ1) is 14.2. The van der Waals surface area contributed by atoms with Crippen LogP contribution >= 0.6 is 0 Å². The summed E-state index contributed by atoms with van der Waals surface area (Å²) in [6.45, 7) is 5.65. The lowest BCUT2D eigenvalue weighted by molar-refractivity contribution is -0.123. The van der Waals surface area contributed by atoms with Crippen LogP contribution in [-0.2, 0) is 9.59 Å². The highest BCUT2D eigenvalue weighted by Gasteiger charge is 2.48. The molecule has 3 rings (SSSR count). The fourth-order valence-corrected chi connectivity index (χ4v) is 3.58. The zero-order valence-electron chi connectivity index (χ0n) is 17.5. The van der Waals surface area contributed by atoms with Crippen LogP contribution in [0.5, 0.6) is 5.75 Å². The molecule has 1 aliphatic rings. The molecule has 0 radical (unpaired) electrons. The predicted octanol–water partition coefficient (Wildman–Crippen LogP) is 3.80. The molecule has 1 fully saturated rings. The van der Waals surface area contributed by atoms with Gasteiger partial charge in [-0.3, -0.25) is 14.4 Å². The molecule has 0 spiro atoms. The van der Waals surface area contributed by atoms with E-state index in [2.05, 4.69) is 0 Å². The zero-order chi connectivity index (χ0) is 22.1. The average Bonchev–Trinajstić information content (AvgIpc) is 3.02.